The SMILES string of the molecule is N#Cc1cccc(COc2ccc(CC3=NOC(c4ccc(N)nc4N)C3)cc2)c1. The summed E-state index contributed by atoms with van der Waals surface area (Å²) in [5.41, 5.74) is 16.0. The van der Waals surface area contributed by atoms with Crippen LogP contribution in [-0.2, 0) is 17.9 Å². The van der Waals surface area contributed by atoms with Crippen molar-refractivity contribution < 1.29 is 9.57 Å². The number of hydrogen-bond donors (Lipinski definition) is 2. The minimum absolute atomic E-state index is 0.236. The maximum absolute atomic E-state index is 8.98. The number of nitriles is 1. The molecule has 2 heterocycles. The topological polar surface area (TPSA) is 120 Å². The fourth-order valence-corrected chi connectivity index (χ4v) is 3.31. The zero-order valence-electron chi connectivity index (χ0n) is 16.3. The van der Waals surface area contributed by atoms with Crippen LogP contribution in [0, 0.1) is 11.3 Å². The number of nitrogen functional groups attached to an aromatic ring is 2. The van der Waals surface area contributed by atoms with Crippen LogP contribution >= 0.6 is 0 Å². The molecule has 0 saturated carbocycles. The summed E-state index contributed by atoms with van der Waals surface area (Å²) in [6.07, 6.45) is 1.10. The lowest BCUT2D eigenvalue weighted by Crippen LogP contribution is -2.07. The number of pyridine rings is 1. The molecular weight excluding hydrogens is 378 g/mol. The van der Waals surface area contributed by atoms with Crippen molar-refractivity contribution in [3.63, 3.8) is 0 Å². The zero-order chi connectivity index (χ0) is 20.9. The fraction of sp³-hybridized carbons (Fsp3) is 0.174. The maximum Gasteiger partial charge on any atom is 0.161 e. The van der Waals surface area contributed by atoms with E-state index in [9.17, 15) is 0 Å². The lowest BCUT2D eigenvalue weighted by Gasteiger charge is -2.11. The number of aromatic nitrogens is 1. The molecular formula is C23H21N5O2. The van der Waals surface area contributed by atoms with E-state index in [2.05, 4.69) is 16.2 Å². The summed E-state index contributed by atoms with van der Waals surface area (Å²) in [5.74, 6) is 1.53. The van der Waals surface area contributed by atoms with E-state index in [0.29, 0.717) is 36.6 Å². The highest BCUT2D eigenvalue weighted by Crippen LogP contribution is 2.31. The van der Waals surface area contributed by atoms with Crippen LogP contribution in [0.1, 0.15) is 34.8 Å². The molecule has 0 amide bonds. The van der Waals surface area contributed by atoms with Gasteiger partial charge in [-0.15, -0.1) is 0 Å². The van der Waals surface area contributed by atoms with E-state index < -0.39 is 0 Å². The molecule has 1 aliphatic heterocycles. The molecule has 1 aromatic heterocycles. The Kier molecular flexibility index (Phi) is 5.48. The average molecular weight is 399 g/mol. The van der Waals surface area contributed by atoms with Gasteiger partial charge in [-0.2, -0.15) is 5.26 Å². The van der Waals surface area contributed by atoms with Gasteiger partial charge in [0.05, 0.1) is 17.3 Å². The fourth-order valence-electron chi connectivity index (χ4n) is 3.31. The van der Waals surface area contributed by atoms with Crippen LogP contribution in [0.3, 0.4) is 0 Å². The van der Waals surface area contributed by atoms with E-state index in [1.54, 1.807) is 12.1 Å². The van der Waals surface area contributed by atoms with Gasteiger partial charge in [0.1, 0.15) is 24.0 Å². The quantitative estimate of drug-likeness (QED) is 0.651. The van der Waals surface area contributed by atoms with Crippen molar-refractivity contribution in [2.75, 3.05) is 11.5 Å². The zero-order valence-corrected chi connectivity index (χ0v) is 16.3. The maximum atomic E-state index is 8.98. The van der Waals surface area contributed by atoms with Gasteiger partial charge < -0.3 is 21.0 Å². The first-order valence-corrected chi connectivity index (χ1v) is 9.55. The third-order valence-electron chi connectivity index (χ3n) is 4.85. The van der Waals surface area contributed by atoms with E-state index >= 15 is 0 Å². The van der Waals surface area contributed by atoms with Crippen LogP contribution < -0.4 is 16.2 Å². The Hall–Kier alpha value is -4.05. The summed E-state index contributed by atoms with van der Waals surface area (Å²) in [4.78, 5) is 9.63. The number of rotatable bonds is 6. The monoisotopic (exact) mass is 399 g/mol. The number of nitrogens with two attached hydrogens (primary N) is 2. The van der Waals surface area contributed by atoms with Crippen molar-refractivity contribution >= 4 is 17.3 Å². The molecule has 0 spiro atoms. The third kappa shape index (κ3) is 4.50. The average Bonchev–Trinajstić information content (AvgIpc) is 3.21. The Morgan fingerprint density at radius 3 is 2.67 bits per heavy atom. The van der Waals surface area contributed by atoms with E-state index in [0.717, 1.165) is 28.2 Å². The predicted molar refractivity (Wildman–Crippen MR) is 115 cm³/mol. The molecule has 0 aliphatic carbocycles. The lowest BCUT2D eigenvalue weighted by molar-refractivity contribution is 0.0860. The van der Waals surface area contributed by atoms with Crippen LogP contribution in [-0.4, -0.2) is 10.7 Å². The molecule has 2 aromatic carbocycles. The standard InChI is InChI=1S/C23H21N5O2/c24-13-16-2-1-3-17(10-16)14-29-19-6-4-15(5-7-19)11-18-12-21(30-28-18)20-8-9-22(25)27-23(20)26/h1-10,21H,11-12,14H2,(H4,25,26,27). The largest absolute Gasteiger partial charge is 0.489 e. The van der Waals surface area contributed by atoms with Crippen molar-refractivity contribution in [3.8, 4) is 11.8 Å². The molecule has 0 radical (unpaired) electrons. The number of hydrogen-bond acceptors (Lipinski definition) is 7. The van der Waals surface area contributed by atoms with Crippen LogP contribution in [0.4, 0.5) is 11.6 Å². The van der Waals surface area contributed by atoms with Crippen molar-refractivity contribution in [1.29, 1.82) is 5.26 Å². The van der Waals surface area contributed by atoms with Gasteiger partial charge in [0.25, 0.3) is 0 Å². The molecule has 3 aromatic rings. The van der Waals surface area contributed by atoms with E-state index in [1.807, 2.05) is 48.5 Å². The first kappa shape index (κ1) is 19.3. The van der Waals surface area contributed by atoms with Crippen LogP contribution in [0.25, 0.3) is 0 Å². The predicted octanol–water partition coefficient (Wildman–Crippen LogP) is 3.76. The van der Waals surface area contributed by atoms with E-state index in [-0.39, 0.29) is 6.10 Å². The molecule has 7 nitrogen and oxygen atoms in total. The lowest BCUT2D eigenvalue weighted by atomic mass is 10.0. The van der Waals surface area contributed by atoms with Crippen molar-refractivity contribution in [2.45, 2.75) is 25.6 Å². The summed E-state index contributed by atoms with van der Waals surface area (Å²) in [7, 11) is 0. The van der Waals surface area contributed by atoms with Crippen LogP contribution in [0.5, 0.6) is 5.75 Å². The molecule has 0 fully saturated rings. The van der Waals surface area contributed by atoms with Crippen molar-refractivity contribution in [1.82, 2.24) is 4.98 Å². The normalized spacial score (nSPS) is 15.2. The minimum Gasteiger partial charge on any atom is -0.489 e. The van der Waals surface area contributed by atoms with Gasteiger partial charge in [-0.25, -0.2) is 4.98 Å². The Morgan fingerprint density at radius 1 is 1.07 bits per heavy atom. The summed E-state index contributed by atoms with van der Waals surface area (Å²) in [6.45, 7) is 0.411. The van der Waals surface area contributed by atoms with Gasteiger partial charge in [-0.3, -0.25) is 0 Å². The number of oxime groups is 1. The highest BCUT2D eigenvalue weighted by atomic mass is 16.6. The first-order chi connectivity index (χ1) is 14.6. The molecule has 0 bridgehead atoms. The molecule has 4 N–H and O–H groups in total. The molecule has 1 unspecified atom stereocenters. The molecule has 4 rings (SSSR count). The number of nitrogens with zero attached hydrogens (tertiary/aromatic N) is 3. The number of anilines is 2. The Bertz CT molecular complexity index is 1120. The second-order valence-electron chi connectivity index (χ2n) is 7.09. The molecule has 0 saturated heterocycles. The second-order valence-corrected chi connectivity index (χ2v) is 7.09. The Morgan fingerprint density at radius 2 is 1.90 bits per heavy atom. The summed E-state index contributed by atoms with van der Waals surface area (Å²) < 4.78 is 5.82. The van der Waals surface area contributed by atoms with Crippen LogP contribution in [0.15, 0.2) is 65.8 Å². The Balaban J connectivity index is 1.32. The highest BCUT2D eigenvalue weighted by Gasteiger charge is 2.25. The van der Waals surface area contributed by atoms with Crippen molar-refractivity contribution in [2.24, 2.45) is 5.16 Å². The van der Waals surface area contributed by atoms with E-state index in [1.165, 1.54) is 0 Å². The highest BCUT2D eigenvalue weighted by molar-refractivity contribution is 5.87. The molecule has 7 heteroatoms. The van der Waals surface area contributed by atoms with Gasteiger partial charge in [0.2, 0.25) is 0 Å². The Labute approximate surface area is 174 Å². The molecule has 30 heavy (non-hydrogen) atoms. The molecule has 1 aliphatic rings. The van der Waals surface area contributed by atoms with Crippen LogP contribution in [0.2, 0.25) is 0 Å². The summed E-state index contributed by atoms with van der Waals surface area (Å²) >= 11 is 0. The van der Waals surface area contributed by atoms with Gasteiger partial charge >= 0.3 is 0 Å². The van der Waals surface area contributed by atoms with Gasteiger partial charge in [-0.05, 0) is 47.5 Å². The first-order valence-electron chi connectivity index (χ1n) is 9.55. The van der Waals surface area contributed by atoms with Gasteiger partial charge in [-0.1, -0.05) is 29.4 Å². The van der Waals surface area contributed by atoms with Gasteiger partial charge in [0.15, 0.2) is 6.10 Å². The minimum atomic E-state index is -0.236. The second kappa shape index (κ2) is 8.53. The van der Waals surface area contributed by atoms with Gasteiger partial charge in [0, 0.05) is 18.4 Å². The molecule has 150 valence electrons. The number of benzene rings is 2. The number of ether oxygens (including phenoxy) is 1. The summed E-state index contributed by atoms with van der Waals surface area (Å²) in [5, 5.41) is 13.2. The third-order valence-corrected chi connectivity index (χ3v) is 4.85. The van der Waals surface area contributed by atoms with E-state index in [4.69, 9.17) is 26.3 Å². The molecule has 1 atom stereocenters. The summed E-state index contributed by atoms with van der Waals surface area (Å²) in [6, 6.07) is 20.9. The van der Waals surface area contributed by atoms with Crippen molar-refractivity contribution in [3.05, 3.63) is 82.9 Å². The smallest absolute Gasteiger partial charge is 0.161 e.